The molecule has 2 aliphatic rings. The van der Waals surface area contributed by atoms with E-state index in [9.17, 15) is 15.0 Å². The van der Waals surface area contributed by atoms with Gasteiger partial charge in [0.05, 0.1) is 31.0 Å². The number of rotatable bonds is 6. The first-order chi connectivity index (χ1) is 15.0. The SMILES string of the molecule is O=C1c2cccc(C(O)C3(CO)CC3)c2C(c2ccc(Cl)cc2)N1Cc1ccccn1. The summed E-state index contributed by atoms with van der Waals surface area (Å²) in [5.41, 5.74) is 3.29. The van der Waals surface area contributed by atoms with Crippen LogP contribution in [0.3, 0.4) is 0 Å². The second-order valence-electron chi connectivity index (χ2n) is 8.44. The van der Waals surface area contributed by atoms with Gasteiger partial charge in [-0.2, -0.15) is 0 Å². The van der Waals surface area contributed by atoms with Gasteiger partial charge in [-0.25, -0.2) is 0 Å². The Hall–Kier alpha value is -2.73. The maximum absolute atomic E-state index is 13.5. The van der Waals surface area contributed by atoms with Gasteiger partial charge in [0, 0.05) is 22.2 Å². The van der Waals surface area contributed by atoms with Gasteiger partial charge >= 0.3 is 0 Å². The number of amides is 1. The van der Waals surface area contributed by atoms with Crippen LogP contribution in [-0.4, -0.2) is 32.6 Å². The number of halogens is 1. The molecule has 2 unspecified atom stereocenters. The summed E-state index contributed by atoms with van der Waals surface area (Å²) in [6.07, 6.45) is 2.43. The van der Waals surface area contributed by atoms with Crippen molar-refractivity contribution in [3.8, 4) is 0 Å². The molecular formula is C25H23ClN2O3. The number of nitrogens with zero attached hydrogens (tertiary/aromatic N) is 2. The Morgan fingerprint density at radius 1 is 1.10 bits per heavy atom. The van der Waals surface area contributed by atoms with Gasteiger partial charge in [0.25, 0.3) is 5.91 Å². The molecule has 2 heterocycles. The van der Waals surface area contributed by atoms with Crippen molar-refractivity contribution in [1.29, 1.82) is 0 Å². The number of fused-ring (bicyclic) bond motifs is 1. The number of hydrogen-bond acceptors (Lipinski definition) is 4. The van der Waals surface area contributed by atoms with Crippen molar-refractivity contribution in [2.75, 3.05) is 6.61 Å². The number of hydrogen-bond donors (Lipinski definition) is 2. The van der Waals surface area contributed by atoms with Crippen LogP contribution in [0.25, 0.3) is 0 Å². The molecule has 158 valence electrons. The highest BCUT2D eigenvalue weighted by atomic mass is 35.5. The summed E-state index contributed by atoms with van der Waals surface area (Å²) in [7, 11) is 0. The van der Waals surface area contributed by atoms with Gasteiger partial charge < -0.3 is 15.1 Å². The zero-order valence-corrected chi connectivity index (χ0v) is 17.7. The van der Waals surface area contributed by atoms with Gasteiger partial charge in [0.2, 0.25) is 0 Å². The van der Waals surface area contributed by atoms with Gasteiger partial charge in [-0.3, -0.25) is 9.78 Å². The monoisotopic (exact) mass is 434 g/mol. The molecule has 2 N–H and O–H groups in total. The topological polar surface area (TPSA) is 73.7 Å². The molecule has 0 bridgehead atoms. The average Bonchev–Trinajstić information content (AvgIpc) is 3.56. The molecule has 5 rings (SSSR count). The summed E-state index contributed by atoms with van der Waals surface area (Å²) >= 11 is 6.12. The van der Waals surface area contributed by atoms with Crippen molar-refractivity contribution in [3.05, 3.63) is 99.8 Å². The zero-order valence-electron chi connectivity index (χ0n) is 16.9. The first-order valence-electron chi connectivity index (χ1n) is 10.4. The maximum atomic E-state index is 13.5. The predicted octanol–water partition coefficient (Wildman–Crippen LogP) is 4.29. The van der Waals surface area contributed by atoms with Crippen LogP contribution in [0.2, 0.25) is 5.02 Å². The summed E-state index contributed by atoms with van der Waals surface area (Å²) in [5, 5.41) is 21.7. The van der Waals surface area contributed by atoms with Crippen LogP contribution in [0.15, 0.2) is 66.9 Å². The Kier molecular flexibility index (Phi) is 5.05. The minimum atomic E-state index is -0.829. The van der Waals surface area contributed by atoms with Crippen LogP contribution in [0.4, 0.5) is 0 Å². The molecule has 1 saturated carbocycles. The Balaban J connectivity index is 1.64. The van der Waals surface area contributed by atoms with Crippen molar-refractivity contribution in [2.45, 2.75) is 31.5 Å². The van der Waals surface area contributed by atoms with Crippen molar-refractivity contribution >= 4 is 17.5 Å². The third-order valence-electron chi connectivity index (χ3n) is 6.54. The van der Waals surface area contributed by atoms with E-state index in [0.717, 1.165) is 29.7 Å². The first kappa shape index (κ1) is 20.2. The predicted molar refractivity (Wildman–Crippen MR) is 118 cm³/mol. The number of aromatic nitrogens is 1. The minimum absolute atomic E-state index is 0.0744. The molecule has 1 amide bonds. The van der Waals surface area contributed by atoms with Gasteiger partial charge in [0.15, 0.2) is 0 Å². The molecule has 2 aromatic carbocycles. The third kappa shape index (κ3) is 3.43. The fourth-order valence-corrected chi connectivity index (χ4v) is 4.70. The van der Waals surface area contributed by atoms with E-state index in [1.807, 2.05) is 60.7 Å². The minimum Gasteiger partial charge on any atom is -0.396 e. The van der Waals surface area contributed by atoms with Gasteiger partial charge in [-0.15, -0.1) is 0 Å². The van der Waals surface area contributed by atoms with Crippen LogP contribution in [0, 0.1) is 5.41 Å². The molecule has 1 fully saturated rings. The molecule has 31 heavy (non-hydrogen) atoms. The van der Waals surface area contributed by atoms with E-state index in [-0.39, 0.29) is 18.6 Å². The highest BCUT2D eigenvalue weighted by Crippen LogP contribution is 2.56. The largest absolute Gasteiger partial charge is 0.396 e. The fraction of sp³-hybridized carbons (Fsp3) is 0.280. The average molecular weight is 435 g/mol. The van der Waals surface area contributed by atoms with Gasteiger partial charge in [-0.1, -0.05) is 41.9 Å². The summed E-state index contributed by atoms with van der Waals surface area (Å²) in [5.74, 6) is -0.0940. The lowest BCUT2D eigenvalue weighted by Gasteiger charge is -2.29. The quantitative estimate of drug-likeness (QED) is 0.607. The number of pyridine rings is 1. The zero-order chi connectivity index (χ0) is 21.6. The molecule has 5 nitrogen and oxygen atoms in total. The summed E-state index contributed by atoms with van der Waals surface area (Å²) in [6.45, 7) is 0.275. The van der Waals surface area contributed by atoms with Crippen molar-refractivity contribution < 1.29 is 15.0 Å². The number of aliphatic hydroxyl groups excluding tert-OH is 2. The molecule has 6 heteroatoms. The molecule has 2 atom stereocenters. The second-order valence-corrected chi connectivity index (χ2v) is 8.88. The summed E-state index contributed by atoms with van der Waals surface area (Å²) in [6, 6.07) is 18.2. The Bertz CT molecular complexity index is 1110. The Morgan fingerprint density at radius 3 is 2.52 bits per heavy atom. The van der Waals surface area contributed by atoms with E-state index in [1.165, 1.54) is 0 Å². The molecule has 1 aromatic heterocycles. The highest BCUT2D eigenvalue weighted by Gasteiger charge is 2.51. The van der Waals surface area contributed by atoms with Crippen molar-refractivity contribution in [3.63, 3.8) is 0 Å². The maximum Gasteiger partial charge on any atom is 0.255 e. The molecule has 0 radical (unpaired) electrons. The lowest BCUT2D eigenvalue weighted by molar-refractivity contribution is 0.0487. The van der Waals surface area contributed by atoms with E-state index in [4.69, 9.17) is 11.6 Å². The van der Waals surface area contributed by atoms with E-state index < -0.39 is 11.5 Å². The smallest absolute Gasteiger partial charge is 0.255 e. The first-order valence-corrected chi connectivity index (χ1v) is 10.8. The van der Waals surface area contributed by atoms with Gasteiger partial charge in [0.1, 0.15) is 0 Å². The second kappa shape index (κ2) is 7.75. The van der Waals surface area contributed by atoms with Crippen LogP contribution in [0.5, 0.6) is 0 Å². The lowest BCUT2D eigenvalue weighted by atomic mass is 9.85. The number of carbonyl (C=O) groups excluding carboxylic acids is 1. The fourth-order valence-electron chi connectivity index (χ4n) is 4.57. The van der Waals surface area contributed by atoms with Crippen LogP contribution >= 0.6 is 11.6 Å². The van der Waals surface area contributed by atoms with E-state index in [0.29, 0.717) is 22.7 Å². The Labute approximate surface area is 185 Å². The third-order valence-corrected chi connectivity index (χ3v) is 6.79. The number of aliphatic hydroxyl groups is 2. The van der Waals surface area contributed by atoms with Crippen LogP contribution < -0.4 is 0 Å². The van der Waals surface area contributed by atoms with E-state index in [1.54, 1.807) is 11.1 Å². The molecule has 1 aliphatic carbocycles. The summed E-state index contributed by atoms with van der Waals surface area (Å²) in [4.78, 5) is 19.7. The molecule has 0 spiro atoms. The number of benzene rings is 2. The molecule has 1 aliphatic heterocycles. The molecule has 3 aromatic rings. The van der Waals surface area contributed by atoms with Crippen molar-refractivity contribution in [2.24, 2.45) is 5.41 Å². The normalized spacial score (nSPS) is 19.9. The van der Waals surface area contributed by atoms with Crippen molar-refractivity contribution in [1.82, 2.24) is 9.88 Å². The number of carbonyl (C=O) groups is 1. The standard InChI is InChI=1S/C25H23ClN2O3/c26-17-9-7-16(8-10-17)22-21-19(23(30)25(15-29)11-12-25)5-3-6-20(21)24(31)28(22)14-18-4-1-2-13-27-18/h1-10,13,22-23,29-30H,11-12,14-15H2. The van der Waals surface area contributed by atoms with Crippen LogP contribution in [0.1, 0.15) is 57.7 Å². The van der Waals surface area contributed by atoms with E-state index in [2.05, 4.69) is 4.98 Å². The highest BCUT2D eigenvalue weighted by molar-refractivity contribution is 6.30. The summed E-state index contributed by atoms with van der Waals surface area (Å²) < 4.78 is 0. The van der Waals surface area contributed by atoms with Gasteiger partial charge in [-0.05, 0) is 59.9 Å². The van der Waals surface area contributed by atoms with Crippen LogP contribution in [-0.2, 0) is 6.54 Å². The molecule has 0 saturated heterocycles. The lowest BCUT2D eigenvalue weighted by Crippen LogP contribution is -2.29. The Morgan fingerprint density at radius 2 is 1.87 bits per heavy atom. The molecular weight excluding hydrogens is 412 g/mol. The van der Waals surface area contributed by atoms with E-state index >= 15 is 0 Å².